The van der Waals surface area contributed by atoms with Gasteiger partial charge in [0.2, 0.25) is 20.0 Å². The quantitative estimate of drug-likeness (QED) is 0.740. The number of rotatable bonds is 5. The fraction of sp³-hybridized carbons (Fsp3) is 0.421. The minimum atomic E-state index is -3.72. The second-order valence-electron chi connectivity index (χ2n) is 7.14. The normalized spacial score (nSPS) is 21.9. The second kappa shape index (κ2) is 7.55. The first-order valence-corrected chi connectivity index (χ1v) is 12.3. The molecule has 1 aromatic carbocycles. The Bertz CT molecular complexity index is 1030. The summed E-state index contributed by atoms with van der Waals surface area (Å²) in [6.07, 6.45) is 6.60. The van der Waals surface area contributed by atoms with Gasteiger partial charge in [0.05, 0.1) is 15.8 Å². The summed E-state index contributed by atoms with van der Waals surface area (Å²) in [5.74, 6) is 0. The van der Waals surface area contributed by atoms with Crippen molar-refractivity contribution in [2.24, 2.45) is 0 Å². The molecular weight excluding hydrogens is 398 g/mol. The van der Waals surface area contributed by atoms with Gasteiger partial charge in [0, 0.05) is 32.0 Å². The molecule has 0 saturated carbocycles. The van der Waals surface area contributed by atoms with E-state index in [1.807, 2.05) is 6.07 Å². The van der Waals surface area contributed by atoms with E-state index in [0.29, 0.717) is 19.6 Å². The Balaban J connectivity index is 1.61. The van der Waals surface area contributed by atoms with Gasteiger partial charge in [-0.3, -0.25) is 4.98 Å². The van der Waals surface area contributed by atoms with Gasteiger partial charge in [0.15, 0.2) is 0 Å². The molecular formula is C19H23N3O4S2. The van der Waals surface area contributed by atoms with Gasteiger partial charge in [-0.15, -0.1) is 0 Å². The molecule has 1 aromatic heterocycles. The first kappa shape index (κ1) is 19.5. The zero-order valence-electron chi connectivity index (χ0n) is 15.4. The minimum Gasteiger partial charge on any atom is -0.264 e. The average molecular weight is 422 g/mol. The van der Waals surface area contributed by atoms with E-state index in [-0.39, 0.29) is 15.8 Å². The molecule has 0 amide bonds. The fourth-order valence-electron chi connectivity index (χ4n) is 3.93. The molecule has 150 valence electrons. The summed E-state index contributed by atoms with van der Waals surface area (Å²) in [6.45, 7) is 1.47. The van der Waals surface area contributed by atoms with Crippen LogP contribution in [0.2, 0.25) is 0 Å². The minimum absolute atomic E-state index is 0.115. The predicted octanol–water partition coefficient (Wildman–Crippen LogP) is 2.39. The van der Waals surface area contributed by atoms with Gasteiger partial charge in [0.25, 0.3) is 0 Å². The lowest BCUT2D eigenvalue weighted by molar-refractivity contribution is 0.396. The van der Waals surface area contributed by atoms with E-state index in [9.17, 15) is 16.8 Å². The number of sulfonamides is 2. The van der Waals surface area contributed by atoms with Crippen LogP contribution in [0.3, 0.4) is 0 Å². The van der Waals surface area contributed by atoms with Crippen LogP contribution in [0.1, 0.15) is 37.3 Å². The van der Waals surface area contributed by atoms with E-state index in [4.69, 9.17) is 0 Å². The van der Waals surface area contributed by atoms with Crippen molar-refractivity contribution in [1.82, 2.24) is 13.6 Å². The highest BCUT2D eigenvalue weighted by Gasteiger charge is 2.36. The molecule has 4 rings (SSSR count). The van der Waals surface area contributed by atoms with Crippen LogP contribution in [-0.4, -0.2) is 50.1 Å². The van der Waals surface area contributed by atoms with Crippen molar-refractivity contribution in [1.29, 1.82) is 0 Å². The standard InChI is InChI=1S/C19H23N3O4S2/c23-27(24,21-12-1-2-13-21)17-7-9-18(10-8-17)28(25,26)22-14-4-6-19(22)16-5-3-11-20-15-16/h3,5,7-11,15,19H,1-2,4,6,12-14H2. The van der Waals surface area contributed by atoms with Crippen molar-refractivity contribution >= 4 is 20.0 Å². The zero-order valence-corrected chi connectivity index (χ0v) is 17.1. The highest BCUT2D eigenvalue weighted by molar-refractivity contribution is 7.89. The van der Waals surface area contributed by atoms with Crippen LogP contribution in [0.15, 0.2) is 58.6 Å². The summed E-state index contributed by atoms with van der Waals surface area (Å²) in [5.41, 5.74) is 0.872. The van der Waals surface area contributed by atoms with E-state index in [1.165, 1.54) is 32.9 Å². The Morgan fingerprint density at radius 2 is 1.46 bits per heavy atom. The molecule has 0 radical (unpaired) electrons. The second-order valence-corrected chi connectivity index (χ2v) is 11.0. The molecule has 0 spiro atoms. The Morgan fingerprint density at radius 3 is 2.07 bits per heavy atom. The highest BCUT2D eigenvalue weighted by Crippen LogP contribution is 2.36. The van der Waals surface area contributed by atoms with Gasteiger partial charge in [0.1, 0.15) is 0 Å². The molecule has 2 aliphatic rings. The highest BCUT2D eigenvalue weighted by atomic mass is 32.2. The summed E-state index contributed by atoms with van der Waals surface area (Å²) < 4.78 is 54.6. The molecule has 3 heterocycles. The lowest BCUT2D eigenvalue weighted by Gasteiger charge is -2.24. The molecule has 0 bridgehead atoms. The molecule has 2 aliphatic heterocycles. The van der Waals surface area contributed by atoms with Crippen LogP contribution in [0.25, 0.3) is 0 Å². The van der Waals surface area contributed by atoms with Crippen LogP contribution in [-0.2, 0) is 20.0 Å². The number of aromatic nitrogens is 1. The Kier molecular flexibility index (Phi) is 5.26. The lowest BCUT2D eigenvalue weighted by Crippen LogP contribution is -2.31. The predicted molar refractivity (Wildman–Crippen MR) is 105 cm³/mol. The Morgan fingerprint density at radius 1 is 0.821 bits per heavy atom. The molecule has 2 aromatic rings. The third-order valence-electron chi connectivity index (χ3n) is 5.41. The van der Waals surface area contributed by atoms with Crippen LogP contribution in [0, 0.1) is 0 Å². The molecule has 1 atom stereocenters. The summed E-state index contributed by atoms with van der Waals surface area (Å²) in [6, 6.07) is 9.04. The van der Waals surface area contributed by atoms with E-state index in [1.54, 1.807) is 18.5 Å². The maximum atomic E-state index is 13.2. The average Bonchev–Trinajstić information content (AvgIpc) is 3.41. The molecule has 2 fully saturated rings. The summed E-state index contributed by atoms with van der Waals surface area (Å²) in [4.78, 5) is 4.35. The third-order valence-corrected chi connectivity index (χ3v) is 9.24. The van der Waals surface area contributed by atoms with Gasteiger partial charge in [-0.25, -0.2) is 16.8 Å². The van der Waals surface area contributed by atoms with Gasteiger partial charge in [-0.1, -0.05) is 6.07 Å². The van der Waals surface area contributed by atoms with Gasteiger partial charge in [-0.05, 0) is 61.6 Å². The largest absolute Gasteiger partial charge is 0.264 e. The summed E-state index contributed by atoms with van der Waals surface area (Å²) in [5, 5.41) is 0. The molecule has 28 heavy (non-hydrogen) atoms. The maximum Gasteiger partial charge on any atom is 0.243 e. The molecule has 1 unspecified atom stereocenters. The Hall–Kier alpha value is -1.81. The number of pyridine rings is 1. The Labute approximate surface area is 166 Å². The molecule has 2 saturated heterocycles. The van der Waals surface area contributed by atoms with Crippen molar-refractivity contribution in [3.63, 3.8) is 0 Å². The number of benzene rings is 1. The number of nitrogens with zero attached hydrogens (tertiary/aromatic N) is 3. The monoisotopic (exact) mass is 421 g/mol. The zero-order chi connectivity index (χ0) is 19.8. The van der Waals surface area contributed by atoms with E-state index in [2.05, 4.69) is 4.98 Å². The topological polar surface area (TPSA) is 87.6 Å². The SMILES string of the molecule is O=S(=O)(c1ccc(S(=O)(=O)N2CCCC2c2cccnc2)cc1)N1CCCC1. The first-order valence-electron chi connectivity index (χ1n) is 9.43. The lowest BCUT2D eigenvalue weighted by atomic mass is 10.1. The van der Waals surface area contributed by atoms with Crippen molar-refractivity contribution < 1.29 is 16.8 Å². The van der Waals surface area contributed by atoms with Gasteiger partial charge < -0.3 is 0 Å². The van der Waals surface area contributed by atoms with Crippen molar-refractivity contribution in [2.75, 3.05) is 19.6 Å². The van der Waals surface area contributed by atoms with Crippen LogP contribution >= 0.6 is 0 Å². The van der Waals surface area contributed by atoms with Crippen LogP contribution < -0.4 is 0 Å². The van der Waals surface area contributed by atoms with E-state index in [0.717, 1.165) is 31.2 Å². The van der Waals surface area contributed by atoms with Crippen molar-refractivity contribution in [2.45, 2.75) is 41.5 Å². The smallest absolute Gasteiger partial charge is 0.243 e. The fourth-order valence-corrected chi connectivity index (χ4v) is 7.13. The molecule has 7 nitrogen and oxygen atoms in total. The van der Waals surface area contributed by atoms with Gasteiger partial charge in [-0.2, -0.15) is 8.61 Å². The number of hydrogen-bond donors (Lipinski definition) is 0. The summed E-state index contributed by atoms with van der Waals surface area (Å²) in [7, 11) is -7.28. The van der Waals surface area contributed by atoms with E-state index < -0.39 is 20.0 Å². The van der Waals surface area contributed by atoms with E-state index >= 15 is 0 Å². The summed E-state index contributed by atoms with van der Waals surface area (Å²) >= 11 is 0. The van der Waals surface area contributed by atoms with Crippen molar-refractivity contribution in [3.8, 4) is 0 Å². The molecule has 0 aliphatic carbocycles. The van der Waals surface area contributed by atoms with Crippen molar-refractivity contribution in [3.05, 3.63) is 54.4 Å². The van der Waals surface area contributed by atoms with Crippen LogP contribution in [0.5, 0.6) is 0 Å². The maximum absolute atomic E-state index is 13.2. The van der Waals surface area contributed by atoms with Crippen LogP contribution in [0.4, 0.5) is 0 Å². The number of hydrogen-bond acceptors (Lipinski definition) is 5. The third kappa shape index (κ3) is 3.47. The molecule has 9 heteroatoms. The van der Waals surface area contributed by atoms with Gasteiger partial charge >= 0.3 is 0 Å². The molecule has 0 N–H and O–H groups in total. The first-order chi connectivity index (χ1) is 13.4.